The molecule has 3 N–H and O–H groups in total. The third-order valence-electron chi connectivity index (χ3n) is 3.86. The van der Waals surface area contributed by atoms with E-state index in [1.807, 2.05) is 30.5 Å². The van der Waals surface area contributed by atoms with Gasteiger partial charge in [0.2, 0.25) is 5.95 Å². The Hall–Kier alpha value is -3.16. The molecule has 1 aromatic carbocycles. The van der Waals surface area contributed by atoms with Gasteiger partial charge in [-0.1, -0.05) is 12.1 Å². The van der Waals surface area contributed by atoms with Crippen molar-refractivity contribution in [3.8, 4) is 0 Å². The van der Waals surface area contributed by atoms with Crippen molar-refractivity contribution in [1.29, 1.82) is 0 Å². The number of nitrogen functional groups attached to an aromatic ring is 1. The zero-order valence-electron chi connectivity index (χ0n) is 14.4. The van der Waals surface area contributed by atoms with Gasteiger partial charge in [-0.05, 0) is 31.5 Å². The molecule has 2 heterocycles. The molecule has 0 saturated carbocycles. The first-order valence-corrected chi connectivity index (χ1v) is 7.95. The number of ether oxygens (including phenoxy) is 1. The van der Waals surface area contributed by atoms with Crippen molar-refractivity contribution in [3.63, 3.8) is 0 Å². The molecule has 0 spiro atoms. The van der Waals surface area contributed by atoms with Crippen LogP contribution in [0.5, 0.6) is 0 Å². The summed E-state index contributed by atoms with van der Waals surface area (Å²) in [5.74, 6) is 1.27. The second kappa shape index (κ2) is 6.76. The molecule has 0 aliphatic heterocycles. The van der Waals surface area contributed by atoms with E-state index in [-0.39, 0.29) is 5.97 Å². The van der Waals surface area contributed by atoms with Crippen LogP contribution >= 0.6 is 0 Å². The normalized spacial score (nSPS) is 10.8. The second-order valence-corrected chi connectivity index (χ2v) is 5.57. The number of hydrogen-bond donors (Lipinski definition) is 2. The highest BCUT2D eigenvalue weighted by Crippen LogP contribution is 2.21. The summed E-state index contributed by atoms with van der Waals surface area (Å²) in [5, 5.41) is 3.07. The van der Waals surface area contributed by atoms with E-state index in [4.69, 9.17) is 10.5 Å². The number of aromatic nitrogens is 4. The molecule has 0 unspecified atom stereocenters. The summed E-state index contributed by atoms with van der Waals surface area (Å²) in [7, 11) is 1.36. The van der Waals surface area contributed by atoms with Crippen molar-refractivity contribution in [1.82, 2.24) is 19.5 Å². The number of imidazole rings is 1. The molecular weight excluding hydrogens is 320 g/mol. The van der Waals surface area contributed by atoms with Gasteiger partial charge in [0, 0.05) is 6.54 Å². The fourth-order valence-corrected chi connectivity index (χ4v) is 2.60. The monoisotopic (exact) mass is 340 g/mol. The molecule has 2 aromatic heterocycles. The Labute approximate surface area is 145 Å². The topological polar surface area (TPSA) is 108 Å². The minimum Gasteiger partial charge on any atom is -0.465 e. The first kappa shape index (κ1) is 16.7. The first-order valence-electron chi connectivity index (χ1n) is 7.95. The van der Waals surface area contributed by atoms with Crippen LogP contribution in [0.1, 0.15) is 28.7 Å². The Balaban J connectivity index is 1.97. The lowest BCUT2D eigenvalue weighted by molar-refractivity contribution is 0.0600. The number of methoxy groups -OCH3 is 1. The third-order valence-corrected chi connectivity index (χ3v) is 3.86. The summed E-state index contributed by atoms with van der Waals surface area (Å²) in [5.41, 5.74) is 8.80. The van der Waals surface area contributed by atoms with Crippen molar-refractivity contribution in [2.75, 3.05) is 24.7 Å². The van der Waals surface area contributed by atoms with Crippen LogP contribution in [0.25, 0.3) is 11.2 Å². The maximum atomic E-state index is 11.5. The smallest absolute Gasteiger partial charge is 0.337 e. The van der Waals surface area contributed by atoms with Gasteiger partial charge in [0.25, 0.3) is 0 Å². The van der Waals surface area contributed by atoms with Crippen LogP contribution < -0.4 is 11.1 Å². The molecule has 25 heavy (non-hydrogen) atoms. The van der Waals surface area contributed by atoms with E-state index in [1.165, 1.54) is 7.11 Å². The molecule has 0 fully saturated rings. The molecule has 3 aromatic rings. The molecular formula is C17H20N6O2. The van der Waals surface area contributed by atoms with Gasteiger partial charge in [0.1, 0.15) is 5.82 Å². The highest BCUT2D eigenvalue weighted by atomic mass is 16.5. The lowest BCUT2D eigenvalue weighted by Gasteiger charge is -2.08. The van der Waals surface area contributed by atoms with Gasteiger partial charge < -0.3 is 20.4 Å². The molecule has 0 bridgehead atoms. The summed E-state index contributed by atoms with van der Waals surface area (Å²) in [4.78, 5) is 24.8. The van der Waals surface area contributed by atoms with Gasteiger partial charge in [-0.15, -0.1) is 0 Å². The zero-order valence-corrected chi connectivity index (χ0v) is 14.4. The average molecular weight is 340 g/mol. The Morgan fingerprint density at radius 2 is 1.96 bits per heavy atom. The minimum atomic E-state index is -0.355. The Bertz CT molecular complexity index is 917. The molecule has 0 radical (unpaired) electrons. The minimum absolute atomic E-state index is 0.351. The maximum absolute atomic E-state index is 11.5. The van der Waals surface area contributed by atoms with E-state index in [0.717, 1.165) is 11.4 Å². The summed E-state index contributed by atoms with van der Waals surface area (Å²) >= 11 is 0. The van der Waals surface area contributed by atoms with Crippen molar-refractivity contribution < 1.29 is 9.53 Å². The van der Waals surface area contributed by atoms with E-state index in [1.54, 1.807) is 12.1 Å². The Morgan fingerprint density at radius 1 is 1.24 bits per heavy atom. The molecule has 0 atom stereocenters. The second-order valence-electron chi connectivity index (χ2n) is 5.57. The van der Waals surface area contributed by atoms with E-state index in [2.05, 4.69) is 20.3 Å². The molecule has 3 rings (SSSR count). The largest absolute Gasteiger partial charge is 0.465 e. The zero-order chi connectivity index (χ0) is 18.0. The van der Waals surface area contributed by atoms with E-state index < -0.39 is 0 Å². The fraction of sp³-hybridized carbons (Fsp3) is 0.294. The Morgan fingerprint density at radius 3 is 2.60 bits per heavy atom. The van der Waals surface area contributed by atoms with Crippen LogP contribution in [0.2, 0.25) is 0 Å². The van der Waals surface area contributed by atoms with E-state index in [0.29, 0.717) is 41.6 Å². The summed E-state index contributed by atoms with van der Waals surface area (Å²) in [6, 6.07) is 7.24. The number of fused-ring (bicyclic) bond motifs is 1. The molecule has 0 amide bonds. The fourth-order valence-electron chi connectivity index (χ4n) is 2.60. The highest BCUT2D eigenvalue weighted by molar-refractivity contribution is 5.89. The number of nitrogens with one attached hydrogen (secondary N) is 1. The number of anilines is 2. The number of nitrogens with two attached hydrogens (primary N) is 1. The van der Waals surface area contributed by atoms with Crippen LogP contribution in [-0.4, -0.2) is 39.1 Å². The number of carbonyl (C=O) groups excluding carboxylic acids is 1. The number of esters is 1. The molecule has 8 heteroatoms. The van der Waals surface area contributed by atoms with Gasteiger partial charge in [-0.25, -0.2) is 9.78 Å². The summed E-state index contributed by atoms with van der Waals surface area (Å²) in [6.45, 7) is 5.13. The van der Waals surface area contributed by atoms with Gasteiger partial charge in [0.15, 0.2) is 17.0 Å². The lowest BCUT2D eigenvalue weighted by atomic mass is 10.1. The predicted octanol–water partition coefficient (Wildman–Crippen LogP) is 1.98. The van der Waals surface area contributed by atoms with Gasteiger partial charge in [-0.2, -0.15) is 9.97 Å². The SMILES string of the molecule is CCNc1nc(N)c2nc(C)n(Cc3ccc(C(=O)OC)cc3)c2n1. The van der Waals surface area contributed by atoms with E-state index >= 15 is 0 Å². The predicted molar refractivity (Wildman–Crippen MR) is 95.5 cm³/mol. The molecule has 0 saturated heterocycles. The first-order chi connectivity index (χ1) is 12.0. The summed E-state index contributed by atoms with van der Waals surface area (Å²) in [6.07, 6.45) is 0. The highest BCUT2D eigenvalue weighted by Gasteiger charge is 2.15. The maximum Gasteiger partial charge on any atom is 0.337 e. The number of aryl methyl sites for hydroxylation is 1. The lowest BCUT2D eigenvalue weighted by Crippen LogP contribution is -2.08. The van der Waals surface area contributed by atoms with Crippen LogP contribution in [0.15, 0.2) is 24.3 Å². The van der Waals surface area contributed by atoms with Crippen molar-refractivity contribution >= 4 is 28.9 Å². The molecule has 130 valence electrons. The van der Waals surface area contributed by atoms with Crippen molar-refractivity contribution in [2.45, 2.75) is 20.4 Å². The van der Waals surface area contributed by atoms with Crippen molar-refractivity contribution in [3.05, 3.63) is 41.2 Å². The van der Waals surface area contributed by atoms with Crippen LogP contribution in [0, 0.1) is 6.92 Å². The standard InChI is InChI=1S/C17H20N6O2/c1-4-19-17-21-14(18)13-15(22-17)23(10(2)20-13)9-11-5-7-12(8-6-11)16(24)25-3/h5-8H,4,9H2,1-3H3,(H3,18,19,21,22). The quantitative estimate of drug-likeness (QED) is 0.684. The van der Waals surface area contributed by atoms with E-state index in [9.17, 15) is 4.79 Å². The van der Waals surface area contributed by atoms with Crippen LogP contribution in [-0.2, 0) is 11.3 Å². The third kappa shape index (κ3) is 3.23. The number of nitrogens with zero attached hydrogens (tertiary/aromatic N) is 4. The average Bonchev–Trinajstić information content (AvgIpc) is 2.92. The van der Waals surface area contributed by atoms with Crippen molar-refractivity contribution in [2.24, 2.45) is 0 Å². The number of rotatable bonds is 5. The molecule has 0 aliphatic carbocycles. The van der Waals surface area contributed by atoms with Gasteiger partial charge in [-0.3, -0.25) is 0 Å². The van der Waals surface area contributed by atoms with Crippen LogP contribution in [0.4, 0.5) is 11.8 Å². The van der Waals surface area contributed by atoms with Gasteiger partial charge >= 0.3 is 5.97 Å². The molecule has 0 aliphatic rings. The number of carbonyl (C=O) groups is 1. The number of benzene rings is 1. The van der Waals surface area contributed by atoms with Gasteiger partial charge in [0.05, 0.1) is 19.2 Å². The summed E-state index contributed by atoms with van der Waals surface area (Å²) < 4.78 is 6.69. The van der Waals surface area contributed by atoms with Crippen LogP contribution in [0.3, 0.4) is 0 Å². The molecule has 8 nitrogen and oxygen atoms in total. The Kier molecular flexibility index (Phi) is 4.51. The number of hydrogen-bond acceptors (Lipinski definition) is 7.